The van der Waals surface area contributed by atoms with Gasteiger partial charge in [-0.2, -0.15) is 4.31 Å². The molecule has 3 aromatic rings. The molecule has 0 bridgehead atoms. The predicted molar refractivity (Wildman–Crippen MR) is 126 cm³/mol. The highest BCUT2D eigenvalue weighted by Gasteiger charge is 2.28. The van der Waals surface area contributed by atoms with Crippen LogP contribution in [0, 0.1) is 13.8 Å². The second-order valence-corrected chi connectivity index (χ2v) is 10.3. The first-order valence-electron chi connectivity index (χ1n) is 10.9. The van der Waals surface area contributed by atoms with Gasteiger partial charge < -0.3 is 5.32 Å². The van der Waals surface area contributed by atoms with Gasteiger partial charge in [-0.25, -0.2) is 8.42 Å². The van der Waals surface area contributed by atoms with E-state index >= 15 is 0 Å². The van der Waals surface area contributed by atoms with Crippen LogP contribution in [0.3, 0.4) is 0 Å². The highest BCUT2D eigenvalue weighted by Crippen LogP contribution is 2.26. The molecule has 1 heterocycles. The van der Waals surface area contributed by atoms with Gasteiger partial charge in [0.05, 0.1) is 10.9 Å². The summed E-state index contributed by atoms with van der Waals surface area (Å²) in [5.74, 6) is -0.296. The zero-order valence-corrected chi connectivity index (χ0v) is 19.2. The summed E-state index contributed by atoms with van der Waals surface area (Å²) >= 11 is 0. The Labute approximate surface area is 190 Å². The van der Waals surface area contributed by atoms with Gasteiger partial charge in [-0.1, -0.05) is 66.2 Å². The maximum atomic E-state index is 13.4. The van der Waals surface area contributed by atoms with Crippen molar-refractivity contribution in [2.75, 3.05) is 13.1 Å². The Morgan fingerprint density at radius 2 is 1.50 bits per heavy atom. The molecule has 1 aliphatic heterocycles. The molecule has 4 rings (SSSR count). The van der Waals surface area contributed by atoms with Gasteiger partial charge in [-0.15, -0.1) is 0 Å². The number of amides is 1. The summed E-state index contributed by atoms with van der Waals surface area (Å²) in [6.45, 7) is 4.91. The quantitative estimate of drug-likeness (QED) is 0.599. The van der Waals surface area contributed by atoms with Crippen LogP contribution in [-0.4, -0.2) is 31.7 Å². The third-order valence-electron chi connectivity index (χ3n) is 5.98. The number of carbonyl (C=O) groups is 1. The van der Waals surface area contributed by atoms with Crippen LogP contribution in [0.4, 0.5) is 0 Å². The highest BCUT2D eigenvalue weighted by atomic mass is 32.2. The van der Waals surface area contributed by atoms with E-state index in [-0.39, 0.29) is 16.8 Å². The second-order valence-electron chi connectivity index (χ2n) is 8.32. The van der Waals surface area contributed by atoms with E-state index in [0.29, 0.717) is 18.7 Å². The van der Waals surface area contributed by atoms with Gasteiger partial charge >= 0.3 is 0 Å². The number of nitrogens with one attached hydrogen (secondary N) is 1. The lowest BCUT2D eigenvalue weighted by atomic mass is 9.97. The SMILES string of the molecule is Cc1ccc([C@@H](NC(=O)c2cc(S(=O)(=O)N3CCCC3)ccc2C)c2ccccc2)cc1. The monoisotopic (exact) mass is 448 g/mol. The molecule has 1 N–H and O–H groups in total. The largest absolute Gasteiger partial charge is 0.341 e. The minimum Gasteiger partial charge on any atom is -0.341 e. The van der Waals surface area contributed by atoms with Crippen LogP contribution in [0.5, 0.6) is 0 Å². The average molecular weight is 449 g/mol. The van der Waals surface area contributed by atoms with Crippen molar-refractivity contribution in [3.8, 4) is 0 Å². The molecule has 0 aliphatic carbocycles. The van der Waals surface area contributed by atoms with E-state index in [1.54, 1.807) is 12.1 Å². The standard InChI is InChI=1S/C26H28N2O3S/c1-19-10-13-22(14-11-19)25(21-8-4-3-5-9-21)27-26(29)24-18-23(15-12-20(24)2)32(30,31)28-16-6-7-17-28/h3-5,8-15,18,25H,6-7,16-17H2,1-2H3,(H,27,29)/t25-/m0/s1. The lowest BCUT2D eigenvalue weighted by Crippen LogP contribution is -2.31. The lowest BCUT2D eigenvalue weighted by molar-refractivity contribution is 0.0942. The minimum absolute atomic E-state index is 0.168. The minimum atomic E-state index is -3.60. The fourth-order valence-corrected chi connectivity index (χ4v) is 5.60. The smallest absolute Gasteiger partial charge is 0.252 e. The van der Waals surface area contributed by atoms with Crippen LogP contribution in [0.15, 0.2) is 77.7 Å². The molecule has 1 aliphatic rings. The van der Waals surface area contributed by atoms with Gasteiger partial charge in [-0.05, 0) is 55.5 Å². The molecular formula is C26H28N2O3S. The summed E-state index contributed by atoms with van der Waals surface area (Å²) in [6.07, 6.45) is 1.74. The van der Waals surface area contributed by atoms with E-state index in [2.05, 4.69) is 5.32 Å². The molecule has 5 nitrogen and oxygen atoms in total. The van der Waals surface area contributed by atoms with E-state index in [4.69, 9.17) is 0 Å². The van der Waals surface area contributed by atoms with Gasteiger partial charge in [0, 0.05) is 18.7 Å². The summed E-state index contributed by atoms with van der Waals surface area (Å²) in [4.78, 5) is 13.5. The van der Waals surface area contributed by atoms with E-state index in [9.17, 15) is 13.2 Å². The number of hydrogen-bond donors (Lipinski definition) is 1. The maximum Gasteiger partial charge on any atom is 0.252 e. The van der Waals surface area contributed by atoms with Gasteiger partial charge in [0.25, 0.3) is 5.91 Å². The zero-order valence-electron chi connectivity index (χ0n) is 18.4. The van der Waals surface area contributed by atoms with Crippen molar-refractivity contribution in [1.29, 1.82) is 0 Å². The molecule has 1 saturated heterocycles. The molecule has 3 aromatic carbocycles. The first-order chi connectivity index (χ1) is 15.4. The van der Waals surface area contributed by atoms with Crippen LogP contribution >= 0.6 is 0 Å². The van der Waals surface area contributed by atoms with Crippen molar-refractivity contribution in [3.05, 3.63) is 101 Å². The third kappa shape index (κ3) is 4.61. The fourth-order valence-electron chi connectivity index (χ4n) is 4.06. The molecule has 0 spiro atoms. The molecule has 1 fully saturated rings. The van der Waals surface area contributed by atoms with E-state index in [0.717, 1.165) is 35.1 Å². The fraction of sp³-hybridized carbons (Fsp3) is 0.269. The van der Waals surface area contributed by atoms with Crippen molar-refractivity contribution in [1.82, 2.24) is 9.62 Å². The van der Waals surface area contributed by atoms with Gasteiger partial charge in [-0.3, -0.25) is 4.79 Å². The normalized spacial score (nSPS) is 15.4. The Bertz CT molecular complexity index is 1200. The lowest BCUT2D eigenvalue weighted by Gasteiger charge is -2.21. The molecule has 166 valence electrons. The van der Waals surface area contributed by atoms with Crippen molar-refractivity contribution in [2.45, 2.75) is 37.6 Å². The Morgan fingerprint density at radius 3 is 2.16 bits per heavy atom. The molecule has 0 radical (unpaired) electrons. The summed E-state index contributed by atoms with van der Waals surface area (Å²) in [6, 6.07) is 22.3. The van der Waals surface area contributed by atoms with Crippen molar-refractivity contribution < 1.29 is 13.2 Å². The van der Waals surface area contributed by atoms with Crippen molar-refractivity contribution in [2.24, 2.45) is 0 Å². The van der Waals surface area contributed by atoms with Crippen LogP contribution in [0.2, 0.25) is 0 Å². The van der Waals surface area contributed by atoms with Crippen molar-refractivity contribution in [3.63, 3.8) is 0 Å². The number of aryl methyl sites for hydroxylation is 2. The number of rotatable bonds is 6. The number of nitrogens with zero attached hydrogens (tertiary/aromatic N) is 1. The first-order valence-corrected chi connectivity index (χ1v) is 12.3. The molecule has 1 amide bonds. The van der Waals surface area contributed by atoms with Gasteiger partial charge in [0.15, 0.2) is 0 Å². The number of hydrogen-bond acceptors (Lipinski definition) is 3. The summed E-state index contributed by atoms with van der Waals surface area (Å²) in [5.41, 5.74) is 4.18. The maximum absolute atomic E-state index is 13.4. The molecular weight excluding hydrogens is 420 g/mol. The van der Waals surface area contributed by atoms with E-state index in [1.165, 1.54) is 10.4 Å². The number of carbonyl (C=O) groups excluding carboxylic acids is 1. The zero-order chi connectivity index (χ0) is 22.7. The van der Waals surface area contributed by atoms with Crippen LogP contribution in [0.25, 0.3) is 0 Å². The topological polar surface area (TPSA) is 66.5 Å². The Kier molecular flexibility index (Phi) is 6.44. The highest BCUT2D eigenvalue weighted by molar-refractivity contribution is 7.89. The van der Waals surface area contributed by atoms with Crippen LogP contribution < -0.4 is 5.32 Å². The number of benzene rings is 3. The Morgan fingerprint density at radius 1 is 0.875 bits per heavy atom. The Hall–Kier alpha value is -2.96. The van der Waals surface area contributed by atoms with Crippen LogP contribution in [-0.2, 0) is 10.0 Å². The molecule has 0 unspecified atom stereocenters. The Balaban J connectivity index is 1.67. The third-order valence-corrected chi connectivity index (χ3v) is 7.87. The summed E-state index contributed by atoms with van der Waals surface area (Å²) in [7, 11) is -3.60. The predicted octanol–water partition coefficient (Wildman–Crippen LogP) is 4.61. The van der Waals surface area contributed by atoms with Gasteiger partial charge in [0.1, 0.15) is 0 Å². The summed E-state index contributed by atoms with van der Waals surface area (Å²) < 4.78 is 27.5. The van der Waals surface area contributed by atoms with E-state index < -0.39 is 10.0 Å². The molecule has 32 heavy (non-hydrogen) atoms. The number of sulfonamides is 1. The molecule has 0 aromatic heterocycles. The van der Waals surface area contributed by atoms with Crippen LogP contribution in [0.1, 0.15) is 51.5 Å². The first kappa shape index (κ1) is 22.2. The van der Waals surface area contributed by atoms with Crippen molar-refractivity contribution >= 4 is 15.9 Å². The van der Waals surface area contributed by atoms with E-state index in [1.807, 2.05) is 68.4 Å². The summed E-state index contributed by atoms with van der Waals surface area (Å²) in [5, 5.41) is 3.13. The molecule has 0 saturated carbocycles. The second kappa shape index (κ2) is 9.27. The average Bonchev–Trinajstić information content (AvgIpc) is 3.35. The molecule has 1 atom stereocenters. The molecule has 6 heteroatoms. The van der Waals surface area contributed by atoms with Gasteiger partial charge in [0.2, 0.25) is 10.0 Å².